The fourth-order valence-corrected chi connectivity index (χ4v) is 1.07. The van der Waals surface area contributed by atoms with E-state index in [0.717, 1.165) is 5.56 Å². The molecule has 0 saturated heterocycles. The highest BCUT2D eigenvalue weighted by molar-refractivity contribution is 5.90. The molecule has 6 heteroatoms. The van der Waals surface area contributed by atoms with Gasteiger partial charge in [-0.3, -0.25) is 10.1 Å². The normalized spacial score (nSPS) is 9.53. The zero-order valence-electron chi connectivity index (χ0n) is 9.82. The third-order valence-electron chi connectivity index (χ3n) is 1.85. The highest BCUT2D eigenvalue weighted by atomic mass is 16.5. The number of amides is 2. The number of aromatic nitrogens is 1. The maximum absolute atomic E-state index is 11.3. The smallest absolute Gasteiger partial charge is 0.325 e. The van der Waals surface area contributed by atoms with E-state index in [-0.39, 0.29) is 6.54 Å². The minimum absolute atomic E-state index is 0.161. The van der Waals surface area contributed by atoms with Crippen LogP contribution in [0.2, 0.25) is 0 Å². The summed E-state index contributed by atoms with van der Waals surface area (Å²) in [5.74, 6) is -0.0449. The number of urea groups is 1. The molecular formula is C11H15N3O3. The molecule has 17 heavy (non-hydrogen) atoms. The van der Waals surface area contributed by atoms with Gasteiger partial charge in [-0.15, -0.1) is 0 Å². The molecule has 0 aromatic carbocycles. The summed E-state index contributed by atoms with van der Waals surface area (Å²) in [6.45, 7) is 3.74. The van der Waals surface area contributed by atoms with Crippen LogP contribution in [0.25, 0.3) is 0 Å². The summed E-state index contributed by atoms with van der Waals surface area (Å²) in [6.07, 6.45) is 1.64. The topological polar surface area (TPSA) is 80.3 Å². The number of anilines is 1. The van der Waals surface area contributed by atoms with Crippen molar-refractivity contribution in [2.45, 2.75) is 13.8 Å². The van der Waals surface area contributed by atoms with Gasteiger partial charge in [-0.25, -0.2) is 9.78 Å². The highest BCUT2D eigenvalue weighted by Gasteiger charge is 2.06. The number of esters is 1. The molecule has 2 amide bonds. The van der Waals surface area contributed by atoms with Crippen LogP contribution < -0.4 is 10.6 Å². The molecule has 6 nitrogen and oxygen atoms in total. The number of nitrogens with one attached hydrogen (secondary N) is 2. The second-order valence-electron chi connectivity index (χ2n) is 3.33. The van der Waals surface area contributed by atoms with E-state index in [1.807, 2.05) is 13.0 Å². The van der Waals surface area contributed by atoms with Crippen molar-refractivity contribution in [3.05, 3.63) is 23.9 Å². The van der Waals surface area contributed by atoms with E-state index in [1.54, 1.807) is 19.2 Å². The lowest BCUT2D eigenvalue weighted by atomic mass is 10.3. The Bertz CT molecular complexity index is 389. The van der Waals surface area contributed by atoms with Crippen molar-refractivity contribution in [2.75, 3.05) is 18.5 Å². The molecule has 0 spiro atoms. The maximum Gasteiger partial charge on any atom is 0.325 e. The Morgan fingerprint density at radius 1 is 1.41 bits per heavy atom. The summed E-state index contributed by atoms with van der Waals surface area (Å²) in [5, 5.41) is 4.86. The zero-order valence-corrected chi connectivity index (χ0v) is 9.82. The molecule has 0 saturated carbocycles. The Hall–Kier alpha value is -2.11. The van der Waals surface area contributed by atoms with Gasteiger partial charge in [0.1, 0.15) is 12.4 Å². The number of aryl methyl sites for hydroxylation is 1. The predicted molar refractivity (Wildman–Crippen MR) is 62.6 cm³/mol. The van der Waals surface area contributed by atoms with Gasteiger partial charge < -0.3 is 10.1 Å². The number of hydrogen-bond donors (Lipinski definition) is 2. The fourth-order valence-electron chi connectivity index (χ4n) is 1.07. The number of carbonyl (C=O) groups is 2. The Kier molecular flexibility index (Phi) is 4.93. The average molecular weight is 237 g/mol. The molecule has 0 aliphatic rings. The summed E-state index contributed by atoms with van der Waals surface area (Å²) < 4.78 is 4.66. The quantitative estimate of drug-likeness (QED) is 0.768. The second kappa shape index (κ2) is 6.47. The second-order valence-corrected chi connectivity index (χ2v) is 3.33. The first kappa shape index (κ1) is 13.0. The largest absolute Gasteiger partial charge is 0.465 e. The molecule has 0 radical (unpaired) electrons. The zero-order chi connectivity index (χ0) is 12.7. The van der Waals surface area contributed by atoms with Crippen LogP contribution in [0.5, 0.6) is 0 Å². The lowest BCUT2D eigenvalue weighted by Crippen LogP contribution is -2.34. The number of pyridine rings is 1. The lowest BCUT2D eigenvalue weighted by molar-refractivity contribution is -0.141. The Morgan fingerprint density at radius 3 is 2.76 bits per heavy atom. The average Bonchev–Trinajstić information content (AvgIpc) is 2.30. The van der Waals surface area contributed by atoms with Crippen LogP contribution in [0.3, 0.4) is 0 Å². The van der Waals surface area contributed by atoms with Crippen molar-refractivity contribution in [3.63, 3.8) is 0 Å². The van der Waals surface area contributed by atoms with Crippen molar-refractivity contribution >= 4 is 17.8 Å². The first-order valence-electron chi connectivity index (χ1n) is 5.25. The number of rotatable bonds is 4. The van der Waals surface area contributed by atoms with E-state index in [2.05, 4.69) is 20.4 Å². The van der Waals surface area contributed by atoms with Crippen LogP contribution in [0, 0.1) is 6.92 Å². The van der Waals surface area contributed by atoms with Gasteiger partial charge in [0.05, 0.1) is 6.61 Å². The first-order valence-corrected chi connectivity index (χ1v) is 5.25. The van der Waals surface area contributed by atoms with E-state index in [4.69, 9.17) is 0 Å². The summed E-state index contributed by atoms with van der Waals surface area (Å²) in [5.41, 5.74) is 1.00. The number of hydrogen-bond acceptors (Lipinski definition) is 4. The first-order chi connectivity index (χ1) is 8.11. The van der Waals surface area contributed by atoms with Crippen molar-refractivity contribution in [1.29, 1.82) is 0 Å². The van der Waals surface area contributed by atoms with E-state index in [0.29, 0.717) is 12.4 Å². The summed E-state index contributed by atoms with van der Waals surface area (Å²) in [4.78, 5) is 26.3. The van der Waals surface area contributed by atoms with Gasteiger partial charge >= 0.3 is 12.0 Å². The van der Waals surface area contributed by atoms with Gasteiger partial charge in [0, 0.05) is 6.20 Å². The number of nitrogens with zero attached hydrogens (tertiary/aromatic N) is 1. The summed E-state index contributed by atoms with van der Waals surface area (Å²) in [6, 6.07) is 3.02. The fraction of sp³-hybridized carbons (Fsp3) is 0.364. The Labute approximate surface area is 99.4 Å². The molecular weight excluding hydrogens is 222 g/mol. The monoisotopic (exact) mass is 237 g/mol. The van der Waals surface area contributed by atoms with Crippen molar-refractivity contribution < 1.29 is 14.3 Å². The van der Waals surface area contributed by atoms with Gasteiger partial charge in [-0.05, 0) is 25.5 Å². The van der Waals surface area contributed by atoms with Crippen LogP contribution in [0.15, 0.2) is 18.3 Å². The molecule has 1 rings (SSSR count). The van der Waals surface area contributed by atoms with Crippen molar-refractivity contribution in [3.8, 4) is 0 Å². The molecule has 0 unspecified atom stereocenters. The van der Waals surface area contributed by atoms with Gasteiger partial charge in [-0.1, -0.05) is 6.07 Å². The SMILES string of the molecule is CCOC(=O)CNC(=O)Nc1ccc(C)cn1. The van der Waals surface area contributed by atoms with Crippen molar-refractivity contribution in [2.24, 2.45) is 0 Å². The molecule has 1 aromatic heterocycles. The minimum atomic E-state index is -0.491. The summed E-state index contributed by atoms with van der Waals surface area (Å²) in [7, 11) is 0. The minimum Gasteiger partial charge on any atom is -0.465 e. The molecule has 0 bridgehead atoms. The molecule has 1 aromatic rings. The number of carbonyl (C=O) groups excluding carboxylic acids is 2. The van der Waals surface area contributed by atoms with Gasteiger partial charge in [0.25, 0.3) is 0 Å². The van der Waals surface area contributed by atoms with Crippen LogP contribution in [0.1, 0.15) is 12.5 Å². The van der Waals surface area contributed by atoms with E-state index >= 15 is 0 Å². The van der Waals surface area contributed by atoms with Crippen LogP contribution in [-0.2, 0) is 9.53 Å². The molecule has 0 fully saturated rings. The predicted octanol–water partition coefficient (Wildman–Crippen LogP) is 1.07. The van der Waals surface area contributed by atoms with E-state index < -0.39 is 12.0 Å². The summed E-state index contributed by atoms with van der Waals surface area (Å²) >= 11 is 0. The van der Waals surface area contributed by atoms with Crippen LogP contribution >= 0.6 is 0 Å². The Morgan fingerprint density at radius 2 is 2.18 bits per heavy atom. The lowest BCUT2D eigenvalue weighted by Gasteiger charge is -2.06. The van der Waals surface area contributed by atoms with Crippen LogP contribution in [-0.4, -0.2) is 30.1 Å². The maximum atomic E-state index is 11.3. The van der Waals surface area contributed by atoms with Gasteiger partial charge in [-0.2, -0.15) is 0 Å². The number of ether oxygens (including phenoxy) is 1. The van der Waals surface area contributed by atoms with Gasteiger partial charge in [0.15, 0.2) is 0 Å². The van der Waals surface area contributed by atoms with Gasteiger partial charge in [0.2, 0.25) is 0 Å². The third kappa shape index (κ3) is 4.96. The highest BCUT2D eigenvalue weighted by Crippen LogP contribution is 2.02. The molecule has 1 heterocycles. The van der Waals surface area contributed by atoms with E-state index in [1.165, 1.54) is 0 Å². The molecule has 92 valence electrons. The third-order valence-corrected chi connectivity index (χ3v) is 1.85. The molecule has 0 aliphatic heterocycles. The van der Waals surface area contributed by atoms with E-state index in [9.17, 15) is 9.59 Å². The van der Waals surface area contributed by atoms with Crippen molar-refractivity contribution in [1.82, 2.24) is 10.3 Å². The standard InChI is InChI=1S/C11H15N3O3/c1-3-17-10(15)7-13-11(16)14-9-5-4-8(2)6-12-9/h4-6H,3,7H2,1-2H3,(H2,12,13,14,16). The Balaban J connectivity index is 2.34. The van der Waals surface area contributed by atoms with Crippen LogP contribution in [0.4, 0.5) is 10.6 Å². The molecule has 0 aliphatic carbocycles. The molecule has 0 atom stereocenters. The molecule has 2 N–H and O–H groups in total.